The van der Waals surface area contributed by atoms with Gasteiger partial charge in [0.2, 0.25) is 0 Å². The first-order chi connectivity index (χ1) is 9.72. The van der Waals surface area contributed by atoms with Gasteiger partial charge >= 0.3 is 6.18 Å². The van der Waals surface area contributed by atoms with Gasteiger partial charge in [-0.05, 0) is 31.5 Å². The monoisotopic (exact) mass is 305 g/mol. The van der Waals surface area contributed by atoms with Crippen LogP contribution in [0.25, 0.3) is 0 Å². The summed E-state index contributed by atoms with van der Waals surface area (Å²) in [6.45, 7) is 1.61. The molecule has 7 heteroatoms. The number of alkyl halides is 3. The average Bonchev–Trinajstić information content (AvgIpc) is 2.38. The number of rotatable bonds is 6. The summed E-state index contributed by atoms with van der Waals surface area (Å²) in [6, 6.07) is 4.18. The van der Waals surface area contributed by atoms with Crippen molar-refractivity contribution in [1.82, 2.24) is 5.32 Å². The Morgan fingerprint density at radius 1 is 1.38 bits per heavy atom. The van der Waals surface area contributed by atoms with Crippen molar-refractivity contribution < 1.29 is 27.8 Å². The quantitative estimate of drug-likeness (QED) is 0.847. The number of halogens is 3. The number of methoxy groups -OCH3 is 1. The van der Waals surface area contributed by atoms with E-state index in [1.54, 1.807) is 6.92 Å². The average molecular weight is 305 g/mol. The van der Waals surface area contributed by atoms with Gasteiger partial charge < -0.3 is 15.2 Å². The first kappa shape index (κ1) is 17.5. The Labute approximate surface area is 120 Å². The molecule has 1 rings (SSSR count). The highest BCUT2D eigenvalue weighted by Gasteiger charge is 2.32. The molecule has 1 atom stereocenters. The maximum Gasteiger partial charge on any atom is 0.416 e. The van der Waals surface area contributed by atoms with Crippen LogP contribution in [0.15, 0.2) is 24.3 Å². The normalized spacial score (nSPS) is 14.6. The summed E-state index contributed by atoms with van der Waals surface area (Å²) in [4.78, 5) is 12.1. The molecule has 0 aliphatic carbocycles. The molecule has 0 fully saturated rings. The van der Waals surface area contributed by atoms with Gasteiger partial charge in [-0.3, -0.25) is 4.79 Å². The van der Waals surface area contributed by atoms with Crippen LogP contribution in [0, 0.1) is 0 Å². The number of nitrogens with one attached hydrogen (secondary N) is 1. The third-order valence-corrected chi connectivity index (χ3v) is 2.99. The van der Waals surface area contributed by atoms with E-state index in [2.05, 4.69) is 5.32 Å². The standard InChI is InChI=1S/C14H18F3NO3/c1-13(6-7-19,9-21-2)18-12(20)10-4-3-5-11(8-10)14(15,16)17/h3-5,8,19H,6-7,9H2,1-2H3,(H,18,20). The molecule has 21 heavy (non-hydrogen) atoms. The zero-order chi connectivity index (χ0) is 16.1. The Morgan fingerprint density at radius 3 is 2.57 bits per heavy atom. The highest BCUT2D eigenvalue weighted by molar-refractivity contribution is 5.94. The van der Waals surface area contributed by atoms with Crippen molar-refractivity contribution in [3.63, 3.8) is 0 Å². The van der Waals surface area contributed by atoms with Crippen LogP contribution >= 0.6 is 0 Å². The molecule has 2 N–H and O–H groups in total. The van der Waals surface area contributed by atoms with Gasteiger partial charge in [-0.1, -0.05) is 6.07 Å². The summed E-state index contributed by atoms with van der Waals surface area (Å²) in [5, 5.41) is 11.6. The topological polar surface area (TPSA) is 58.6 Å². The molecule has 1 aromatic carbocycles. The van der Waals surface area contributed by atoms with Crippen molar-refractivity contribution in [2.75, 3.05) is 20.3 Å². The van der Waals surface area contributed by atoms with Crippen LogP contribution in [-0.2, 0) is 10.9 Å². The molecule has 4 nitrogen and oxygen atoms in total. The first-order valence-corrected chi connectivity index (χ1v) is 6.31. The van der Waals surface area contributed by atoms with Crippen LogP contribution in [0.3, 0.4) is 0 Å². The number of carbonyl (C=O) groups is 1. The van der Waals surface area contributed by atoms with E-state index >= 15 is 0 Å². The molecule has 0 heterocycles. The van der Waals surface area contributed by atoms with Gasteiger partial charge in [-0.15, -0.1) is 0 Å². The Balaban J connectivity index is 2.93. The molecule has 1 unspecified atom stereocenters. The molecule has 0 saturated heterocycles. The van der Waals surface area contributed by atoms with E-state index < -0.39 is 23.2 Å². The summed E-state index contributed by atoms with van der Waals surface area (Å²) in [6.07, 6.45) is -4.28. The van der Waals surface area contributed by atoms with E-state index in [9.17, 15) is 18.0 Å². The number of hydrogen-bond acceptors (Lipinski definition) is 3. The van der Waals surface area contributed by atoms with Crippen molar-refractivity contribution in [2.24, 2.45) is 0 Å². The molecule has 0 aliphatic heterocycles. The van der Waals surface area contributed by atoms with Crippen molar-refractivity contribution in [3.05, 3.63) is 35.4 Å². The molecule has 0 aromatic heterocycles. The lowest BCUT2D eigenvalue weighted by Gasteiger charge is -2.29. The second-order valence-electron chi connectivity index (χ2n) is 5.00. The van der Waals surface area contributed by atoms with Crippen LogP contribution in [-0.4, -0.2) is 36.9 Å². The van der Waals surface area contributed by atoms with Gasteiger partial charge in [-0.2, -0.15) is 13.2 Å². The summed E-state index contributed by atoms with van der Waals surface area (Å²) < 4.78 is 42.8. The van der Waals surface area contributed by atoms with E-state index in [4.69, 9.17) is 9.84 Å². The van der Waals surface area contributed by atoms with E-state index in [0.29, 0.717) is 0 Å². The minimum atomic E-state index is -4.50. The first-order valence-electron chi connectivity index (χ1n) is 6.31. The van der Waals surface area contributed by atoms with Gasteiger partial charge in [0.05, 0.1) is 17.7 Å². The van der Waals surface area contributed by atoms with Gasteiger partial charge in [0.25, 0.3) is 5.91 Å². The molecule has 0 bridgehead atoms. The van der Waals surface area contributed by atoms with Gasteiger partial charge in [-0.25, -0.2) is 0 Å². The van der Waals surface area contributed by atoms with Crippen LogP contribution in [0.2, 0.25) is 0 Å². The SMILES string of the molecule is COCC(C)(CCO)NC(=O)c1cccc(C(F)(F)F)c1. The number of aliphatic hydroxyl groups is 1. The molecule has 0 aliphatic rings. The van der Waals surface area contributed by atoms with Crippen molar-refractivity contribution in [2.45, 2.75) is 25.1 Å². The van der Waals surface area contributed by atoms with Crippen LogP contribution < -0.4 is 5.32 Å². The fourth-order valence-corrected chi connectivity index (χ4v) is 1.92. The van der Waals surface area contributed by atoms with E-state index in [1.807, 2.05) is 0 Å². The molecular weight excluding hydrogens is 287 g/mol. The molecule has 118 valence electrons. The Kier molecular flexibility index (Phi) is 5.74. The van der Waals surface area contributed by atoms with Crippen molar-refractivity contribution >= 4 is 5.91 Å². The molecular formula is C14H18F3NO3. The van der Waals surface area contributed by atoms with E-state index in [-0.39, 0.29) is 25.2 Å². The Hall–Kier alpha value is -1.60. The largest absolute Gasteiger partial charge is 0.416 e. The maximum atomic E-state index is 12.6. The second kappa shape index (κ2) is 6.91. The van der Waals surface area contributed by atoms with Gasteiger partial charge in [0, 0.05) is 19.3 Å². The summed E-state index contributed by atoms with van der Waals surface area (Å²) in [5.74, 6) is -0.644. The fraction of sp³-hybridized carbons (Fsp3) is 0.500. The highest BCUT2D eigenvalue weighted by atomic mass is 19.4. The smallest absolute Gasteiger partial charge is 0.396 e. The predicted octanol–water partition coefficient (Wildman–Crippen LogP) is 2.22. The lowest BCUT2D eigenvalue weighted by atomic mass is 9.98. The second-order valence-corrected chi connectivity index (χ2v) is 5.00. The number of aliphatic hydroxyl groups excluding tert-OH is 1. The highest BCUT2D eigenvalue weighted by Crippen LogP contribution is 2.29. The van der Waals surface area contributed by atoms with Crippen molar-refractivity contribution in [1.29, 1.82) is 0 Å². The number of carbonyl (C=O) groups excluding carboxylic acids is 1. The number of hydrogen-bond donors (Lipinski definition) is 2. The number of ether oxygens (including phenoxy) is 1. The van der Waals surface area contributed by atoms with E-state index in [1.165, 1.54) is 19.2 Å². The Bertz CT molecular complexity index is 483. The zero-order valence-corrected chi connectivity index (χ0v) is 11.8. The molecule has 0 saturated carbocycles. The van der Waals surface area contributed by atoms with Crippen LogP contribution in [0.1, 0.15) is 29.3 Å². The van der Waals surface area contributed by atoms with Crippen molar-refractivity contribution in [3.8, 4) is 0 Å². The summed E-state index contributed by atoms with van der Waals surface area (Å²) in [7, 11) is 1.44. The van der Waals surface area contributed by atoms with Gasteiger partial charge in [0.1, 0.15) is 0 Å². The van der Waals surface area contributed by atoms with Crippen LogP contribution in [0.4, 0.5) is 13.2 Å². The van der Waals surface area contributed by atoms with Gasteiger partial charge in [0.15, 0.2) is 0 Å². The lowest BCUT2D eigenvalue weighted by molar-refractivity contribution is -0.137. The molecule has 1 amide bonds. The minimum Gasteiger partial charge on any atom is -0.396 e. The predicted molar refractivity (Wildman–Crippen MR) is 70.9 cm³/mol. The molecule has 0 spiro atoms. The van der Waals surface area contributed by atoms with Crippen LogP contribution in [0.5, 0.6) is 0 Å². The van der Waals surface area contributed by atoms with E-state index in [0.717, 1.165) is 12.1 Å². The third kappa shape index (κ3) is 5.02. The molecule has 1 aromatic rings. The summed E-state index contributed by atoms with van der Waals surface area (Å²) in [5.41, 5.74) is -1.83. The summed E-state index contributed by atoms with van der Waals surface area (Å²) >= 11 is 0. The third-order valence-electron chi connectivity index (χ3n) is 2.99. The molecule has 0 radical (unpaired) electrons. The number of benzene rings is 1. The number of amides is 1. The maximum absolute atomic E-state index is 12.6. The minimum absolute atomic E-state index is 0.0925. The zero-order valence-electron chi connectivity index (χ0n) is 11.8. The lowest BCUT2D eigenvalue weighted by Crippen LogP contribution is -2.50. The Morgan fingerprint density at radius 2 is 2.05 bits per heavy atom. The fourth-order valence-electron chi connectivity index (χ4n) is 1.92.